The first-order valence-electron chi connectivity index (χ1n) is 8.44. The van der Waals surface area contributed by atoms with Crippen molar-refractivity contribution in [3.63, 3.8) is 0 Å². The van der Waals surface area contributed by atoms with Crippen molar-refractivity contribution in [3.05, 3.63) is 59.1 Å². The molecule has 0 bridgehead atoms. The highest BCUT2D eigenvalue weighted by atomic mass is 32.1. The summed E-state index contributed by atoms with van der Waals surface area (Å²) in [7, 11) is 0. The Labute approximate surface area is 167 Å². The molecule has 0 aliphatic heterocycles. The van der Waals surface area contributed by atoms with E-state index in [9.17, 15) is 22.8 Å². The number of rotatable bonds is 7. The number of esters is 1. The number of carbonyl (C=O) groups excluding carboxylic acids is 2. The summed E-state index contributed by atoms with van der Waals surface area (Å²) in [6.45, 7) is -0.167. The van der Waals surface area contributed by atoms with Gasteiger partial charge in [0.1, 0.15) is 5.75 Å². The Balaban J connectivity index is 1.41. The molecule has 0 radical (unpaired) electrons. The van der Waals surface area contributed by atoms with Crippen LogP contribution in [0.1, 0.15) is 15.4 Å². The van der Waals surface area contributed by atoms with Gasteiger partial charge in [0.2, 0.25) is 0 Å². The van der Waals surface area contributed by atoms with Crippen LogP contribution < -0.4 is 10.1 Å². The third-order valence-corrected chi connectivity index (χ3v) is 4.75. The number of aromatic nitrogens is 1. The minimum Gasteiger partial charge on any atom is -0.452 e. The molecule has 3 rings (SSSR count). The average Bonchev–Trinajstić information content (AvgIpc) is 3.08. The van der Waals surface area contributed by atoms with Crippen LogP contribution >= 0.6 is 11.3 Å². The zero-order chi connectivity index (χ0) is 20.9. The standard InChI is InChI=1S/C19H15F3N2O4S/c20-19(21,22)28-13-7-5-12(6-8-13)18(26)27-11-16(25)23-10-9-17-24-14-3-1-2-4-15(14)29-17/h1-8H,9-11H2,(H,23,25). The molecular formula is C19H15F3N2O4S. The fourth-order valence-corrected chi connectivity index (χ4v) is 3.36. The fraction of sp³-hybridized carbons (Fsp3) is 0.211. The zero-order valence-corrected chi connectivity index (χ0v) is 15.7. The molecule has 6 nitrogen and oxygen atoms in total. The highest BCUT2D eigenvalue weighted by Crippen LogP contribution is 2.23. The van der Waals surface area contributed by atoms with Gasteiger partial charge in [-0.05, 0) is 36.4 Å². The van der Waals surface area contributed by atoms with E-state index in [1.807, 2.05) is 24.3 Å². The van der Waals surface area contributed by atoms with Gasteiger partial charge >= 0.3 is 12.3 Å². The van der Waals surface area contributed by atoms with E-state index in [2.05, 4.69) is 15.0 Å². The summed E-state index contributed by atoms with van der Waals surface area (Å²) in [6, 6.07) is 11.9. The van der Waals surface area contributed by atoms with E-state index in [0.29, 0.717) is 13.0 Å². The van der Waals surface area contributed by atoms with Crippen LogP contribution in [-0.4, -0.2) is 36.4 Å². The molecule has 1 aromatic heterocycles. The van der Waals surface area contributed by atoms with E-state index in [-0.39, 0.29) is 5.56 Å². The van der Waals surface area contributed by atoms with Crippen molar-refractivity contribution in [2.24, 2.45) is 0 Å². The Morgan fingerprint density at radius 2 is 1.79 bits per heavy atom. The molecule has 1 amide bonds. The maximum Gasteiger partial charge on any atom is 0.573 e. The van der Waals surface area contributed by atoms with E-state index >= 15 is 0 Å². The van der Waals surface area contributed by atoms with Crippen molar-refractivity contribution in [1.82, 2.24) is 10.3 Å². The van der Waals surface area contributed by atoms with Crippen LogP contribution in [-0.2, 0) is 16.0 Å². The minimum absolute atomic E-state index is 0.00167. The molecule has 152 valence electrons. The molecule has 1 N–H and O–H groups in total. The Morgan fingerprint density at radius 1 is 1.07 bits per heavy atom. The van der Waals surface area contributed by atoms with Crippen LogP contribution in [0, 0.1) is 0 Å². The number of alkyl halides is 3. The Bertz CT molecular complexity index is 970. The normalized spacial score (nSPS) is 11.3. The summed E-state index contributed by atoms with van der Waals surface area (Å²) in [5.41, 5.74) is 0.904. The predicted molar refractivity (Wildman–Crippen MR) is 99.7 cm³/mol. The third kappa shape index (κ3) is 6.18. The molecule has 0 fully saturated rings. The number of benzene rings is 2. The van der Waals surface area contributed by atoms with Crippen molar-refractivity contribution < 1.29 is 32.2 Å². The zero-order valence-electron chi connectivity index (χ0n) is 14.9. The van der Waals surface area contributed by atoms with E-state index in [1.165, 1.54) is 0 Å². The smallest absolute Gasteiger partial charge is 0.452 e. The van der Waals surface area contributed by atoms with Crippen molar-refractivity contribution in [2.75, 3.05) is 13.2 Å². The predicted octanol–water partition coefficient (Wildman–Crippen LogP) is 3.71. The van der Waals surface area contributed by atoms with Crippen LogP contribution in [0.5, 0.6) is 5.75 Å². The summed E-state index contributed by atoms with van der Waals surface area (Å²) < 4.78 is 46.0. The van der Waals surface area contributed by atoms with E-state index in [1.54, 1.807) is 11.3 Å². The molecule has 0 aliphatic carbocycles. The Morgan fingerprint density at radius 3 is 2.48 bits per heavy atom. The van der Waals surface area contributed by atoms with Gasteiger partial charge in [-0.1, -0.05) is 12.1 Å². The summed E-state index contributed by atoms with van der Waals surface area (Å²) in [4.78, 5) is 28.1. The fourth-order valence-electron chi connectivity index (χ4n) is 2.39. The van der Waals surface area contributed by atoms with E-state index in [0.717, 1.165) is 39.5 Å². The highest BCUT2D eigenvalue weighted by Gasteiger charge is 2.31. The maximum absolute atomic E-state index is 12.1. The quantitative estimate of drug-likeness (QED) is 0.585. The van der Waals surface area contributed by atoms with Crippen LogP contribution in [0.2, 0.25) is 0 Å². The summed E-state index contributed by atoms with van der Waals surface area (Å²) in [5.74, 6) is -1.77. The summed E-state index contributed by atoms with van der Waals surface area (Å²) in [6.07, 6.45) is -4.27. The van der Waals surface area contributed by atoms with Gasteiger partial charge in [0, 0.05) is 13.0 Å². The topological polar surface area (TPSA) is 77.5 Å². The van der Waals surface area contributed by atoms with Crippen molar-refractivity contribution in [3.8, 4) is 5.75 Å². The molecule has 1 heterocycles. The molecule has 0 aliphatic rings. The van der Waals surface area contributed by atoms with Gasteiger partial charge in [-0.15, -0.1) is 24.5 Å². The second-order valence-electron chi connectivity index (χ2n) is 5.82. The van der Waals surface area contributed by atoms with Crippen LogP contribution in [0.15, 0.2) is 48.5 Å². The SMILES string of the molecule is O=C(COC(=O)c1ccc(OC(F)(F)F)cc1)NCCc1nc2ccccc2s1. The lowest BCUT2D eigenvalue weighted by Gasteiger charge is -2.09. The lowest BCUT2D eigenvalue weighted by molar-refractivity contribution is -0.274. The largest absolute Gasteiger partial charge is 0.573 e. The van der Waals surface area contributed by atoms with Gasteiger partial charge in [0.15, 0.2) is 6.61 Å². The van der Waals surface area contributed by atoms with Gasteiger partial charge in [-0.2, -0.15) is 0 Å². The molecule has 0 unspecified atom stereocenters. The first-order chi connectivity index (χ1) is 13.8. The number of halogens is 3. The first kappa shape index (κ1) is 20.6. The molecule has 29 heavy (non-hydrogen) atoms. The third-order valence-electron chi connectivity index (χ3n) is 3.66. The van der Waals surface area contributed by atoms with Crippen LogP contribution in [0.4, 0.5) is 13.2 Å². The lowest BCUT2D eigenvalue weighted by Crippen LogP contribution is -2.30. The number of thiazole rings is 1. The second kappa shape index (κ2) is 8.91. The number of para-hydroxylation sites is 1. The van der Waals surface area contributed by atoms with Crippen molar-refractivity contribution in [2.45, 2.75) is 12.8 Å². The van der Waals surface area contributed by atoms with Crippen molar-refractivity contribution >= 4 is 33.4 Å². The van der Waals surface area contributed by atoms with E-state index < -0.39 is 30.6 Å². The highest BCUT2D eigenvalue weighted by molar-refractivity contribution is 7.18. The van der Waals surface area contributed by atoms with Gasteiger partial charge < -0.3 is 14.8 Å². The summed E-state index contributed by atoms with van der Waals surface area (Å²) in [5, 5.41) is 3.50. The molecule has 0 saturated carbocycles. The lowest BCUT2D eigenvalue weighted by atomic mass is 10.2. The Kier molecular flexibility index (Phi) is 6.32. The van der Waals surface area contributed by atoms with Gasteiger partial charge in [-0.3, -0.25) is 4.79 Å². The summed E-state index contributed by atoms with van der Waals surface area (Å²) >= 11 is 1.54. The molecule has 0 saturated heterocycles. The minimum atomic E-state index is -4.81. The van der Waals surface area contributed by atoms with Gasteiger partial charge in [0.25, 0.3) is 5.91 Å². The van der Waals surface area contributed by atoms with Crippen LogP contribution in [0.3, 0.4) is 0 Å². The molecular weight excluding hydrogens is 409 g/mol. The number of amides is 1. The van der Waals surface area contributed by atoms with Gasteiger partial charge in [0.05, 0.1) is 20.8 Å². The first-order valence-corrected chi connectivity index (χ1v) is 9.26. The number of fused-ring (bicyclic) bond motifs is 1. The van der Waals surface area contributed by atoms with E-state index in [4.69, 9.17) is 4.74 Å². The molecule has 3 aromatic rings. The number of ether oxygens (including phenoxy) is 2. The van der Waals surface area contributed by atoms with Gasteiger partial charge in [-0.25, -0.2) is 9.78 Å². The molecule has 2 aromatic carbocycles. The average molecular weight is 424 g/mol. The van der Waals surface area contributed by atoms with Crippen molar-refractivity contribution in [1.29, 1.82) is 0 Å². The number of carbonyl (C=O) groups is 2. The number of hydrogen-bond acceptors (Lipinski definition) is 6. The second-order valence-corrected chi connectivity index (χ2v) is 6.94. The Hall–Kier alpha value is -3.14. The monoisotopic (exact) mass is 424 g/mol. The molecule has 10 heteroatoms. The van der Waals surface area contributed by atoms with Crippen LogP contribution in [0.25, 0.3) is 10.2 Å². The number of nitrogens with zero attached hydrogens (tertiary/aromatic N) is 1. The number of nitrogens with one attached hydrogen (secondary N) is 1. The molecule has 0 spiro atoms. The molecule has 0 atom stereocenters. The number of hydrogen-bond donors (Lipinski definition) is 1. The maximum atomic E-state index is 12.1.